The minimum Gasteiger partial charge on any atom is -0.395 e. The van der Waals surface area contributed by atoms with E-state index >= 15 is 0 Å². The van der Waals surface area contributed by atoms with E-state index in [9.17, 15) is 18.3 Å². The highest BCUT2D eigenvalue weighted by molar-refractivity contribution is 5.58. The summed E-state index contributed by atoms with van der Waals surface area (Å²) >= 11 is 0. The Bertz CT molecular complexity index is 690. The standard InChI is InChI=1S/C18H26F3N5O/c1-2-15-10-26(7-8-27)17(23-15)14-3-5-25(6-4-14)16-9-22-13-24(11-16)12-18(19,20)21/h9-10,13-14,27H,2-8,11-12H2,1H3. The summed E-state index contributed by atoms with van der Waals surface area (Å²) in [6.07, 6.45) is 3.30. The predicted octanol–water partition coefficient (Wildman–Crippen LogP) is 2.36. The quantitative estimate of drug-likeness (QED) is 0.817. The normalized spacial score (nSPS) is 18.9. The number of aliphatic hydroxyl groups is 1. The fourth-order valence-corrected chi connectivity index (χ4v) is 3.71. The van der Waals surface area contributed by atoms with E-state index in [0.717, 1.165) is 49.6 Å². The molecule has 1 saturated heterocycles. The van der Waals surface area contributed by atoms with E-state index in [-0.39, 0.29) is 13.2 Å². The second-order valence-electron chi connectivity index (χ2n) is 7.03. The van der Waals surface area contributed by atoms with Crippen molar-refractivity contribution in [3.8, 4) is 0 Å². The molecule has 0 aromatic carbocycles. The zero-order chi connectivity index (χ0) is 19.4. The lowest BCUT2D eigenvalue weighted by atomic mass is 9.95. The van der Waals surface area contributed by atoms with E-state index in [4.69, 9.17) is 4.98 Å². The molecule has 3 rings (SSSR count). The van der Waals surface area contributed by atoms with Gasteiger partial charge in [-0.15, -0.1) is 0 Å². The van der Waals surface area contributed by atoms with Crippen LogP contribution < -0.4 is 0 Å². The zero-order valence-corrected chi connectivity index (χ0v) is 15.5. The smallest absolute Gasteiger partial charge is 0.395 e. The van der Waals surface area contributed by atoms with Crippen LogP contribution in [0.3, 0.4) is 0 Å². The summed E-state index contributed by atoms with van der Waals surface area (Å²) in [6.45, 7) is 3.44. The molecule has 9 heteroatoms. The molecule has 0 amide bonds. The molecule has 6 nitrogen and oxygen atoms in total. The van der Waals surface area contributed by atoms with Crippen molar-refractivity contribution in [1.82, 2.24) is 19.4 Å². The molecule has 1 N–H and O–H groups in total. The highest BCUT2D eigenvalue weighted by Crippen LogP contribution is 2.30. The summed E-state index contributed by atoms with van der Waals surface area (Å²) in [5.41, 5.74) is 1.85. The number of hydrogen-bond acceptors (Lipinski definition) is 5. The van der Waals surface area contributed by atoms with E-state index < -0.39 is 12.7 Å². The number of likely N-dealkylation sites (tertiary alicyclic amines) is 1. The van der Waals surface area contributed by atoms with Crippen LogP contribution in [0.15, 0.2) is 23.1 Å². The van der Waals surface area contributed by atoms with Gasteiger partial charge in [-0.1, -0.05) is 6.92 Å². The van der Waals surface area contributed by atoms with Crippen molar-refractivity contribution in [1.29, 1.82) is 0 Å². The molecule has 1 aromatic rings. The SMILES string of the molecule is CCc1cn(CCO)c(C2CCN(C3=CN=CN(CC(F)(F)F)C3)CC2)n1. The van der Waals surface area contributed by atoms with Crippen molar-refractivity contribution >= 4 is 6.34 Å². The highest BCUT2D eigenvalue weighted by Gasteiger charge is 2.32. The Kier molecular flexibility index (Phi) is 6.08. The molecular formula is C18H26F3N5O. The van der Waals surface area contributed by atoms with Crippen LogP contribution >= 0.6 is 0 Å². The number of piperidine rings is 1. The average Bonchev–Trinajstić information content (AvgIpc) is 3.04. The molecule has 0 bridgehead atoms. The fraction of sp³-hybridized carbons (Fsp3) is 0.667. The Morgan fingerprint density at radius 3 is 2.63 bits per heavy atom. The summed E-state index contributed by atoms with van der Waals surface area (Å²) in [4.78, 5) is 12.0. The van der Waals surface area contributed by atoms with Crippen molar-refractivity contribution in [2.24, 2.45) is 4.99 Å². The Balaban J connectivity index is 1.60. The van der Waals surface area contributed by atoms with Crippen LogP contribution in [0.2, 0.25) is 0 Å². The minimum atomic E-state index is -4.23. The van der Waals surface area contributed by atoms with Crippen molar-refractivity contribution in [2.45, 2.75) is 44.8 Å². The number of halogens is 3. The first-order chi connectivity index (χ1) is 12.9. The monoisotopic (exact) mass is 385 g/mol. The first-order valence-corrected chi connectivity index (χ1v) is 9.34. The number of hydrogen-bond donors (Lipinski definition) is 1. The fourth-order valence-electron chi connectivity index (χ4n) is 3.71. The van der Waals surface area contributed by atoms with Crippen LogP contribution in [0.4, 0.5) is 13.2 Å². The topological polar surface area (TPSA) is 56.9 Å². The number of aromatic nitrogens is 2. The lowest BCUT2D eigenvalue weighted by Gasteiger charge is -2.37. The molecule has 0 saturated carbocycles. The predicted molar refractivity (Wildman–Crippen MR) is 96.4 cm³/mol. The molecule has 0 aliphatic carbocycles. The largest absolute Gasteiger partial charge is 0.405 e. The number of imidazole rings is 1. The van der Waals surface area contributed by atoms with Gasteiger partial charge in [0.2, 0.25) is 0 Å². The third-order valence-corrected chi connectivity index (χ3v) is 5.03. The van der Waals surface area contributed by atoms with Crippen LogP contribution in [0.1, 0.15) is 37.2 Å². The molecule has 150 valence electrons. The van der Waals surface area contributed by atoms with Gasteiger partial charge in [-0.25, -0.2) is 9.98 Å². The second-order valence-corrected chi connectivity index (χ2v) is 7.03. The van der Waals surface area contributed by atoms with Crippen LogP contribution in [-0.2, 0) is 13.0 Å². The summed E-state index contributed by atoms with van der Waals surface area (Å²) < 4.78 is 39.9. The third kappa shape index (κ3) is 5.03. The van der Waals surface area contributed by atoms with Gasteiger partial charge in [0.25, 0.3) is 0 Å². The van der Waals surface area contributed by atoms with E-state index in [1.807, 2.05) is 10.8 Å². The summed E-state index contributed by atoms with van der Waals surface area (Å²) in [5, 5.41) is 9.28. The second kappa shape index (κ2) is 8.33. The zero-order valence-electron chi connectivity index (χ0n) is 15.5. The molecule has 0 spiro atoms. The van der Waals surface area contributed by atoms with E-state index in [2.05, 4.69) is 16.8 Å². The van der Waals surface area contributed by atoms with Crippen LogP contribution in [0.5, 0.6) is 0 Å². The average molecular weight is 385 g/mol. The number of aryl methyl sites for hydroxylation is 1. The molecule has 2 aliphatic heterocycles. The number of aliphatic imine (C=N–C) groups is 1. The van der Waals surface area contributed by atoms with Gasteiger partial charge in [-0.2, -0.15) is 13.2 Å². The van der Waals surface area contributed by atoms with E-state index in [1.54, 1.807) is 6.20 Å². The van der Waals surface area contributed by atoms with Crippen molar-refractivity contribution in [3.63, 3.8) is 0 Å². The Hall–Kier alpha value is -2.03. The van der Waals surface area contributed by atoms with E-state index in [1.165, 1.54) is 11.2 Å². The first kappa shape index (κ1) is 19.7. The maximum Gasteiger partial charge on any atom is 0.405 e. The number of rotatable bonds is 6. The van der Waals surface area contributed by atoms with Gasteiger partial charge in [0, 0.05) is 37.9 Å². The van der Waals surface area contributed by atoms with Gasteiger partial charge < -0.3 is 19.5 Å². The van der Waals surface area contributed by atoms with Gasteiger partial charge in [0.15, 0.2) is 0 Å². The lowest BCUT2D eigenvalue weighted by Crippen LogP contribution is -2.41. The van der Waals surface area contributed by atoms with Gasteiger partial charge in [-0.3, -0.25) is 0 Å². The molecule has 27 heavy (non-hydrogen) atoms. The first-order valence-electron chi connectivity index (χ1n) is 9.34. The van der Waals surface area contributed by atoms with Gasteiger partial charge in [0.1, 0.15) is 12.4 Å². The molecule has 2 aliphatic rings. The molecule has 0 atom stereocenters. The summed E-state index contributed by atoms with van der Waals surface area (Å²) in [7, 11) is 0. The molecule has 1 fully saturated rings. The molecule has 0 unspecified atom stereocenters. The van der Waals surface area contributed by atoms with Gasteiger partial charge in [-0.05, 0) is 19.3 Å². The van der Waals surface area contributed by atoms with Crippen LogP contribution in [-0.4, -0.2) is 69.8 Å². The van der Waals surface area contributed by atoms with Crippen LogP contribution in [0, 0.1) is 0 Å². The van der Waals surface area contributed by atoms with Crippen molar-refractivity contribution in [3.05, 3.63) is 29.6 Å². The number of nitrogens with zero attached hydrogens (tertiary/aromatic N) is 5. The van der Waals surface area contributed by atoms with Crippen molar-refractivity contribution in [2.75, 3.05) is 32.8 Å². The maximum atomic E-state index is 12.6. The molecular weight excluding hydrogens is 359 g/mol. The molecule has 0 radical (unpaired) electrons. The number of aliphatic hydroxyl groups excluding tert-OH is 1. The number of alkyl halides is 3. The summed E-state index contributed by atoms with van der Waals surface area (Å²) in [5.74, 6) is 1.31. The van der Waals surface area contributed by atoms with Crippen molar-refractivity contribution < 1.29 is 18.3 Å². The third-order valence-electron chi connectivity index (χ3n) is 5.03. The maximum absolute atomic E-state index is 12.6. The van der Waals surface area contributed by atoms with Gasteiger partial charge >= 0.3 is 6.18 Å². The van der Waals surface area contributed by atoms with E-state index in [0.29, 0.717) is 12.5 Å². The Morgan fingerprint density at radius 2 is 2.00 bits per heavy atom. The molecule has 1 aromatic heterocycles. The van der Waals surface area contributed by atoms with Crippen LogP contribution in [0.25, 0.3) is 0 Å². The lowest BCUT2D eigenvalue weighted by molar-refractivity contribution is -0.137. The summed E-state index contributed by atoms with van der Waals surface area (Å²) in [6, 6.07) is 0. The molecule has 3 heterocycles. The Labute approximate surface area is 157 Å². The minimum absolute atomic E-state index is 0.0747. The Morgan fingerprint density at radius 1 is 1.26 bits per heavy atom. The highest BCUT2D eigenvalue weighted by atomic mass is 19.4. The van der Waals surface area contributed by atoms with Gasteiger partial charge in [0.05, 0.1) is 30.9 Å².